The Hall–Kier alpha value is -0.610. The minimum Gasteiger partial charge on any atom is -0.451 e. The maximum atomic E-state index is 5.19. The molecule has 9 heavy (non-hydrogen) atoms. The van der Waals surface area contributed by atoms with Crippen molar-refractivity contribution in [2.75, 3.05) is 13.2 Å². The number of fused-ring (bicyclic) bond motifs is 1. The van der Waals surface area contributed by atoms with Gasteiger partial charge >= 0.3 is 0 Å². The number of ether oxygens (including phenoxy) is 2. The van der Waals surface area contributed by atoms with Crippen molar-refractivity contribution in [3.63, 3.8) is 0 Å². The number of aliphatic imine (C=N–C) groups is 1. The Balaban J connectivity index is 2.03. The van der Waals surface area contributed by atoms with Gasteiger partial charge in [-0.1, -0.05) is 0 Å². The van der Waals surface area contributed by atoms with Gasteiger partial charge in [0.15, 0.2) is 12.6 Å². The number of hydrogen-bond donors (Lipinski definition) is 1. The van der Waals surface area contributed by atoms with E-state index in [1.54, 1.807) is 0 Å². The van der Waals surface area contributed by atoms with Crippen molar-refractivity contribution in [2.24, 2.45) is 4.99 Å². The highest BCUT2D eigenvalue weighted by Crippen LogP contribution is 2.10. The first-order valence-electron chi connectivity index (χ1n) is 2.99. The van der Waals surface area contributed by atoms with Gasteiger partial charge < -0.3 is 9.47 Å². The van der Waals surface area contributed by atoms with Crippen LogP contribution in [0.3, 0.4) is 0 Å². The minimum atomic E-state index is -0.168. The smallest absolute Gasteiger partial charge is 0.237 e. The lowest BCUT2D eigenvalue weighted by Gasteiger charge is -2.23. The Morgan fingerprint density at radius 2 is 2.67 bits per heavy atom. The summed E-state index contributed by atoms with van der Waals surface area (Å²) in [5.41, 5.74) is 0. The molecule has 1 saturated heterocycles. The van der Waals surface area contributed by atoms with E-state index >= 15 is 0 Å². The number of hydrogen-bond acceptors (Lipinski definition) is 4. The molecule has 2 atom stereocenters. The van der Waals surface area contributed by atoms with Crippen LogP contribution < -0.4 is 5.32 Å². The predicted octanol–water partition coefficient (Wildman–Crippen LogP) is -0.683. The fourth-order valence-corrected chi connectivity index (χ4v) is 0.967. The van der Waals surface area contributed by atoms with Gasteiger partial charge in [-0.05, 0) is 0 Å². The Labute approximate surface area is 52.9 Å². The molecule has 2 unspecified atom stereocenters. The first-order valence-corrected chi connectivity index (χ1v) is 2.99. The van der Waals surface area contributed by atoms with Crippen molar-refractivity contribution in [2.45, 2.75) is 12.5 Å². The van der Waals surface area contributed by atoms with Crippen LogP contribution in [0.25, 0.3) is 0 Å². The molecule has 0 amide bonds. The minimum absolute atomic E-state index is 0.0405. The maximum absolute atomic E-state index is 5.19. The van der Waals surface area contributed by atoms with Gasteiger partial charge in [-0.15, -0.1) is 0 Å². The van der Waals surface area contributed by atoms with Crippen LogP contribution >= 0.6 is 0 Å². The number of morpholine rings is 1. The van der Waals surface area contributed by atoms with Crippen molar-refractivity contribution in [3.05, 3.63) is 0 Å². The third-order valence-electron chi connectivity index (χ3n) is 1.41. The fourth-order valence-electron chi connectivity index (χ4n) is 0.967. The summed E-state index contributed by atoms with van der Waals surface area (Å²) in [4.78, 5) is 3.97. The molecule has 2 heterocycles. The summed E-state index contributed by atoms with van der Waals surface area (Å²) in [7, 11) is 0. The Kier molecular flexibility index (Phi) is 1.13. The molecule has 1 N–H and O–H groups in total. The van der Waals surface area contributed by atoms with Gasteiger partial charge in [0, 0.05) is 6.54 Å². The highest BCUT2D eigenvalue weighted by atomic mass is 16.7. The summed E-state index contributed by atoms with van der Waals surface area (Å²) in [5.74, 6) is 0. The first kappa shape index (κ1) is 5.20. The molecule has 0 saturated carbocycles. The van der Waals surface area contributed by atoms with E-state index in [9.17, 15) is 0 Å². The summed E-state index contributed by atoms with van der Waals surface area (Å²) < 4.78 is 10.2. The largest absolute Gasteiger partial charge is 0.451 e. The second-order valence-corrected chi connectivity index (χ2v) is 2.03. The van der Waals surface area contributed by atoms with Crippen molar-refractivity contribution >= 4 is 6.40 Å². The van der Waals surface area contributed by atoms with E-state index < -0.39 is 0 Å². The van der Waals surface area contributed by atoms with Crippen molar-refractivity contribution in [1.29, 1.82) is 0 Å². The lowest BCUT2D eigenvalue weighted by atomic mass is 10.4. The molecule has 0 spiro atoms. The topological polar surface area (TPSA) is 42.9 Å². The van der Waals surface area contributed by atoms with Crippen molar-refractivity contribution < 1.29 is 9.47 Å². The average Bonchev–Trinajstić information content (AvgIpc) is 2.33. The molecule has 0 aromatic heterocycles. The second kappa shape index (κ2) is 1.97. The molecule has 0 bridgehead atoms. The van der Waals surface area contributed by atoms with Gasteiger partial charge in [0.1, 0.15) is 0 Å². The van der Waals surface area contributed by atoms with E-state index in [0.29, 0.717) is 6.61 Å². The van der Waals surface area contributed by atoms with Gasteiger partial charge in [0.25, 0.3) is 0 Å². The van der Waals surface area contributed by atoms with E-state index in [1.807, 2.05) is 0 Å². The maximum Gasteiger partial charge on any atom is 0.237 e. The molecule has 4 heteroatoms. The highest BCUT2D eigenvalue weighted by molar-refractivity contribution is 5.49. The first-order chi connectivity index (χ1) is 4.47. The van der Waals surface area contributed by atoms with E-state index in [2.05, 4.69) is 10.3 Å². The number of nitrogens with one attached hydrogen (secondary N) is 1. The lowest BCUT2D eigenvalue weighted by molar-refractivity contribution is -0.110. The summed E-state index contributed by atoms with van der Waals surface area (Å²) in [6.07, 6.45) is 1.31. The quantitative estimate of drug-likeness (QED) is 0.470. The van der Waals surface area contributed by atoms with Gasteiger partial charge in [0.2, 0.25) is 6.29 Å². The number of rotatable bonds is 0. The molecule has 0 radical (unpaired) electrons. The van der Waals surface area contributed by atoms with Crippen LogP contribution in [-0.2, 0) is 9.47 Å². The van der Waals surface area contributed by atoms with Crippen LogP contribution in [0.5, 0.6) is 0 Å². The van der Waals surface area contributed by atoms with Gasteiger partial charge in [-0.25, -0.2) is 4.99 Å². The standard InChI is InChI=1S/C5H8N2O2/c1-2-8-5-4(6-1)7-3-9-5/h3-6H,1-2H2. The van der Waals surface area contributed by atoms with Gasteiger partial charge in [0.05, 0.1) is 6.61 Å². The summed E-state index contributed by atoms with van der Waals surface area (Å²) in [5, 5.41) is 3.13. The molecular weight excluding hydrogens is 120 g/mol. The highest BCUT2D eigenvalue weighted by Gasteiger charge is 2.28. The zero-order valence-electron chi connectivity index (χ0n) is 4.91. The molecule has 0 aliphatic carbocycles. The molecule has 0 aromatic rings. The van der Waals surface area contributed by atoms with Crippen LogP contribution in [0.1, 0.15) is 0 Å². The third-order valence-corrected chi connectivity index (χ3v) is 1.41. The van der Waals surface area contributed by atoms with Gasteiger partial charge in [-0.3, -0.25) is 5.32 Å². The Morgan fingerprint density at radius 3 is 3.56 bits per heavy atom. The molecule has 2 aliphatic heterocycles. The predicted molar refractivity (Wildman–Crippen MR) is 31.1 cm³/mol. The SMILES string of the molecule is C1=NC2NCCOC2O1. The van der Waals surface area contributed by atoms with Gasteiger partial charge in [-0.2, -0.15) is 0 Å². The Bertz CT molecular complexity index is 137. The summed E-state index contributed by atoms with van der Waals surface area (Å²) in [6.45, 7) is 1.58. The van der Waals surface area contributed by atoms with Crippen LogP contribution in [0.2, 0.25) is 0 Å². The zero-order valence-corrected chi connectivity index (χ0v) is 4.91. The third kappa shape index (κ3) is 0.799. The van der Waals surface area contributed by atoms with Crippen LogP contribution in [0.15, 0.2) is 4.99 Å². The molecule has 4 nitrogen and oxygen atoms in total. The van der Waals surface area contributed by atoms with Crippen molar-refractivity contribution in [3.8, 4) is 0 Å². The van der Waals surface area contributed by atoms with Crippen molar-refractivity contribution in [1.82, 2.24) is 5.32 Å². The average molecular weight is 128 g/mol. The monoisotopic (exact) mass is 128 g/mol. The molecule has 50 valence electrons. The van der Waals surface area contributed by atoms with E-state index in [1.165, 1.54) is 6.40 Å². The molecule has 2 aliphatic rings. The van der Waals surface area contributed by atoms with Crippen LogP contribution in [-0.4, -0.2) is 32.0 Å². The lowest BCUT2D eigenvalue weighted by Crippen LogP contribution is -2.45. The summed E-state index contributed by atoms with van der Waals surface area (Å²) >= 11 is 0. The zero-order chi connectivity index (χ0) is 6.10. The molecule has 1 fully saturated rings. The van der Waals surface area contributed by atoms with Crippen LogP contribution in [0, 0.1) is 0 Å². The van der Waals surface area contributed by atoms with E-state index in [0.717, 1.165) is 6.54 Å². The fraction of sp³-hybridized carbons (Fsp3) is 0.800. The number of nitrogens with zero attached hydrogens (tertiary/aromatic N) is 1. The molecule has 2 rings (SSSR count). The van der Waals surface area contributed by atoms with Crippen LogP contribution in [0.4, 0.5) is 0 Å². The van der Waals surface area contributed by atoms with E-state index in [-0.39, 0.29) is 12.5 Å². The molecule has 0 aromatic carbocycles. The summed E-state index contributed by atoms with van der Waals surface area (Å²) in [6, 6.07) is 0. The Morgan fingerprint density at radius 1 is 1.67 bits per heavy atom. The second-order valence-electron chi connectivity index (χ2n) is 2.03. The molecular formula is C5H8N2O2. The normalized spacial score (nSPS) is 40.0. The van der Waals surface area contributed by atoms with E-state index in [4.69, 9.17) is 9.47 Å².